The molecule has 3 N–H and O–H groups in total. The molecule has 1 heterocycles. The van der Waals surface area contributed by atoms with Crippen molar-refractivity contribution in [1.82, 2.24) is 9.97 Å². The lowest BCUT2D eigenvalue weighted by molar-refractivity contribution is -0.137. The van der Waals surface area contributed by atoms with Gasteiger partial charge in [0.2, 0.25) is 0 Å². The predicted octanol–water partition coefficient (Wildman–Crippen LogP) is -0.345. The zero-order valence-electron chi connectivity index (χ0n) is 6.94. The first kappa shape index (κ1) is 9.24. The highest BCUT2D eigenvalue weighted by molar-refractivity contribution is 5.76. The molecule has 70 valence electrons. The van der Waals surface area contributed by atoms with Crippen molar-refractivity contribution >= 4 is 11.8 Å². The molecule has 0 spiro atoms. The SMILES string of the molecule is CC(Nc1ncc[nH]c1=O)C(=O)O. The normalized spacial score (nSPS) is 12.1. The number of nitrogens with one attached hydrogen (secondary N) is 2. The van der Waals surface area contributed by atoms with Crippen molar-refractivity contribution in [1.29, 1.82) is 0 Å². The lowest BCUT2D eigenvalue weighted by Crippen LogP contribution is -2.29. The van der Waals surface area contributed by atoms with Crippen LogP contribution in [0.4, 0.5) is 5.82 Å². The second kappa shape index (κ2) is 3.70. The van der Waals surface area contributed by atoms with Crippen LogP contribution in [0.5, 0.6) is 0 Å². The van der Waals surface area contributed by atoms with E-state index >= 15 is 0 Å². The van der Waals surface area contributed by atoms with Gasteiger partial charge in [0.25, 0.3) is 5.56 Å². The molecular formula is C7H9N3O3. The molecule has 0 aliphatic rings. The summed E-state index contributed by atoms with van der Waals surface area (Å²) in [5.41, 5.74) is -0.435. The van der Waals surface area contributed by atoms with E-state index in [2.05, 4.69) is 15.3 Å². The molecule has 0 saturated carbocycles. The summed E-state index contributed by atoms with van der Waals surface area (Å²) in [6.07, 6.45) is 2.75. The van der Waals surface area contributed by atoms with Crippen LogP contribution in [-0.2, 0) is 4.79 Å². The third-order valence-corrected chi connectivity index (χ3v) is 1.43. The molecule has 0 aliphatic carbocycles. The molecule has 0 saturated heterocycles. The fraction of sp³-hybridized carbons (Fsp3) is 0.286. The van der Waals surface area contributed by atoms with Gasteiger partial charge in [-0.3, -0.25) is 9.59 Å². The second-order valence-electron chi connectivity index (χ2n) is 2.47. The summed E-state index contributed by atoms with van der Waals surface area (Å²) in [6.45, 7) is 1.43. The molecule has 1 unspecified atom stereocenters. The van der Waals surface area contributed by atoms with E-state index in [1.807, 2.05) is 0 Å². The van der Waals surface area contributed by atoms with Crippen molar-refractivity contribution in [3.63, 3.8) is 0 Å². The first-order chi connectivity index (χ1) is 6.11. The second-order valence-corrected chi connectivity index (χ2v) is 2.47. The highest BCUT2D eigenvalue weighted by Gasteiger charge is 2.11. The van der Waals surface area contributed by atoms with Crippen molar-refractivity contribution in [2.45, 2.75) is 13.0 Å². The molecular weight excluding hydrogens is 174 g/mol. The van der Waals surface area contributed by atoms with Crippen LogP contribution in [-0.4, -0.2) is 27.1 Å². The number of aromatic nitrogens is 2. The van der Waals surface area contributed by atoms with Crippen LogP contribution in [0, 0.1) is 0 Å². The maximum Gasteiger partial charge on any atom is 0.325 e. The molecule has 1 aromatic heterocycles. The first-order valence-electron chi connectivity index (χ1n) is 3.64. The van der Waals surface area contributed by atoms with Crippen LogP contribution in [0.3, 0.4) is 0 Å². The van der Waals surface area contributed by atoms with E-state index in [4.69, 9.17) is 5.11 Å². The summed E-state index contributed by atoms with van der Waals surface area (Å²) in [5, 5.41) is 11.0. The highest BCUT2D eigenvalue weighted by Crippen LogP contribution is 1.94. The number of H-pyrrole nitrogens is 1. The molecule has 0 aliphatic heterocycles. The number of aliphatic carboxylic acids is 1. The Hall–Kier alpha value is -1.85. The van der Waals surface area contributed by atoms with Crippen molar-refractivity contribution in [3.8, 4) is 0 Å². The number of hydrogen-bond acceptors (Lipinski definition) is 4. The van der Waals surface area contributed by atoms with Crippen molar-refractivity contribution in [2.75, 3.05) is 5.32 Å². The minimum atomic E-state index is -1.04. The number of carbonyl (C=O) groups is 1. The quantitative estimate of drug-likeness (QED) is 0.595. The fourth-order valence-electron chi connectivity index (χ4n) is 0.721. The topological polar surface area (TPSA) is 95.1 Å². The average molecular weight is 183 g/mol. The molecule has 6 nitrogen and oxygen atoms in total. The molecule has 1 aromatic rings. The van der Waals surface area contributed by atoms with Crippen LogP contribution in [0.15, 0.2) is 17.2 Å². The van der Waals surface area contributed by atoms with E-state index in [0.717, 1.165) is 0 Å². The van der Waals surface area contributed by atoms with Crippen LogP contribution in [0.1, 0.15) is 6.92 Å². The zero-order valence-corrected chi connectivity index (χ0v) is 6.94. The van der Waals surface area contributed by atoms with Gasteiger partial charge in [-0.05, 0) is 6.92 Å². The van der Waals surface area contributed by atoms with Gasteiger partial charge in [-0.25, -0.2) is 4.98 Å². The maximum absolute atomic E-state index is 11.0. The Kier molecular flexibility index (Phi) is 2.63. The van der Waals surface area contributed by atoms with Gasteiger partial charge < -0.3 is 15.4 Å². The van der Waals surface area contributed by atoms with Crippen molar-refractivity contribution in [2.24, 2.45) is 0 Å². The average Bonchev–Trinajstić information content (AvgIpc) is 2.08. The lowest BCUT2D eigenvalue weighted by Gasteiger charge is -2.07. The number of rotatable bonds is 3. The molecule has 0 bridgehead atoms. The monoisotopic (exact) mass is 183 g/mol. The summed E-state index contributed by atoms with van der Waals surface area (Å²) in [4.78, 5) is 27.5. The minimum Gasteiger partial charge on any atom is -0.480 e. The molecule has 13 heavy (non-hydrogen) atoms. The van der Waals surface area contributed by atoms with Gasteiger partial charge in [-0.15, -0.1) is 0 Å². The lowest BCUT2D eigenvalue weighted by atomic mass is 10.3. The van der Waals surface area contributed by atoms with E-state index in [1.54, 1.807) is 0 Å². The smallest absolute Gasteiger partial charge is 0.325 e. The van der Waals surface area contributed by atoms with Gasteiger partial charge in [-0.1, -0.05) is 0 Å². The van der Waals surface area contributed by atoms with Crippen molar-refractivity contribution < 1.29 is 9.90 Å². The van der Waals surface area contributed by atoms with Crippen LogP contribution < -0.4 is 10.9 Å². The zero-order chi connectivity index (χ0) is 9.84. The van der Waals surface area contributed by atoms with Gasteiger partial charge in [0.15, 0.2) is 5.82 Å². The molecule has 0 aromatic carbocycles. The summed E-state index contributed by atoms with van der Waals surface area (Å²) in [5.74, 6) is -1.03. The Morgan fingerprint density at radius 3 is 3.00 bits per heavy atom. The third kappa shape index (κ3) is 2.29. The Morgan fingerprint density at radius 1 is 1.77 bits per heavy atom. The van der Waals surface area contributed by atoms with Crippen LogP contribution in [0.25, 0.3) is 0 Å². The van der Waals surface area contributed by atoms with Gasteiger partial charge in [0, 0.05) is 12.4 Å². The summed E-state index contributed by atoms with van der Waals surface area (Å²) < 4.78 is 0. The number of nitrogens with zero attached hydrogens (tertiary/aromatic N) is 1. The first-order valence-corrected chi connectivity index (χ1v) is 3.64. The predicted molar refractivity (Wildman–Crippen MR) is 45.6 cm³/mol. The standard InChI is InChI=1S/C7H9N3O3/c1-4(7(12)13)10-5-6(11)9-3-2-8-5/h2-4H,1H3,(H,8,10)(H,9,11)(H,12,13). The molecule has 1 atom stereocenters. The van der Waals surface area contributed by atoms with Gasteiger partial charge >= 0.3 is 5.97 Å². The minimum absolute atomic E-state index is 0.0115. The molecule has 0 radical (unpaired) electrons. The molecule has 0 amide bonds. The largest absolute Gasteiger partial charge is 0.480 e. The number of anilines is 1. The number of aromatic amines is 1. The van der Waals surface area contributed by atoms with Gasteiger partial charge in [-0.2, -0.15) is 0 Å². The van der Waals surface area contributed by atoms with Crippen LogP contribution >= 0.6 is 0 Å². The fourth-order valence-corrected chi connectivity index (χ4v) is 0.721. The van der Waals surface area contributed by atoms with E-state index in [0.29, 0.717) is 0 Å². The highest BCUT2D eigenvalue weighted by atomic mass is 16.4. The molecule has 1 rings (SSSR count). The summed E-state index contributed by atoms with van der Waals surface area (Å²) in [7, 11) is 0. The van der Waals surface area contributed by atoms with E-state index in [-0.39, 0.29) is 5.82 Å². The van der Waals surface area contributed by atoms with E-state index in [9.17, 15) is 9.59 Å². The molecule has 6 heteroatoms. The van der Waals surface area contributed by atoms with Gasteiger partial charge in [0.05, 0.1) is 0 Å². The summed E-state index contributed by atoms with van der Waals surface area (Å²) in [6, 6.07) is -0.837. The Labute approximate surface area is 73.6 Å². The Balaban J connectivity index is 2.81. The van der Waals surface area contributed by atoms with Crippen LogP contribution in [0.2, 0.25) is 0 Å². The van der Waals surface area contributed by atoms with E-state index < -0.39 is 17.6 Å². The Morgan fingerprint density at radius 2 is 2.46 bits per heavy atom. The molecule has 0 fully saturated rings. The maximum atomic E-state index is 11.0. The van der Waals surface area contributed by atoms with Crippen molar-refractivity contribution in [3.05, 3.63) is 22.7 Å². The number of hydrogen-bond donors (Lipinski definition) is 3. The van der Waals surface area contributed by atoms with Gasteiger partial charge in [0.1, 0.15) is 6.04 Å². The number of carboxylic acids is 1. The van der Waals surface area contributed by atoms with E-state index in [1.165, 1.54) is 19.3 Å². The third-order valence-electron chi connectivity index (χ3n) is 1.43. The Bertz CT molecular complexity index is 360. The number of carboxylic acid groups (broad SMARTS) is 1. The summed E-state index contributed by atoms with van der Waals surface area (Å²) >= 11 is 0.